The van der Waals surface area contributed by atoms with Crippen LogP contribution in [-0.4, -0.2) is 34.5 Å². The molecule has 10 heteroatoms. The van der Waals surface area contributed by atoms with Crippen LogP contribution in [0, 0.1) is 15.5 Å². The van der Waals surface area contributed by atoms with Gasteiger partial charge >= 0.3 is 0 Å². The Kier molecular flexibility index (Phi) is 8.22. The van der Waals surface area contributed by atoms with Crippen molar-refractivity contribution in [2.45, 2.75) is 46.1 Å². The predicted molar refractivity (Wildman–Crippen MR) is 133 cm³/mol. The molecule has 1 heterocycles. The lowest BCUT2D eigenvalue weighted by Crippen LogP contribution is -2.50. The molecular weight excluding hydrogens is 456 g/mol. The SMILES string of the molecule is CC1=C(C(CNC(=O)c2ccc(Cl)cc2)NC(=N[N+](=O)[O-])Nc2cccnc2)C(C)(C)CCC1. The van der Waals surface area contributed by atoms with Gasteiger partial charge in [0.1, 0.15) is 5.10 Å². The van der Waals surface area contributed by atoms with Crippen LogP contribution in [0.4, 0.5) is 5.69 Å². The molecule has 0 fully saturated rings. The number of hydrogen-bond acceptors (Lipinski definition) is 4. The fourth-order valence-electron chi connectivity index (χ4n) is 4.44. The number of hydrogen-bond donors (Lipinski definition) is 3. The standard InChI is InChI=1S/C24H29ClN6O3/c1-16-6-4-12-24(2,3)21(16)20(15-27-22(32)17-8-10-18(25)11-9-17)29-23(30-31(33)34)28-19-7-5-13-26-14-19/h5,7-11,13-14,20H,4,6,12,15H2,1-3H3,(H,27,32)(H2,28,29,30). The molecule has 0 saturated heterocycles. The Balaban J connectivity index is 1.89. The van der Waals surface area contributed by atoms with Gasteiger partial charge in [0.2, 0.25) is 0 Å². The minimum absolute atomic E-state index is 0.0367. The highest BCUT2D eigenvalue weighted by Gasteiger charge is 2.34. The van der Waals surface area contributed by atoms with Crippen LogP contribution in [0.2, 0.25) is 5.02 Å². The number of nitro groups is 1. The van der Waals surface area contributed by atoms with Crippen molar-refractivity contribution in [3.8, 4) is 0 Å². The molecule has 1 aromatic carbocycles. The molecule has 0 aliphatic heterocycles. The Hall–Kier alpha value is -3.46. The zero-order valence-corrected chi connectivity index (χ0v) is 20.2. The lowest BCUT2D eigenvalue weighted by molar-refractivity contribution is -0.485. The minimum atomic E-state index is -0.762. The Morgan fingerprint density at radius 1 is 1.29 bits per heavy atom. The van der Waals surface area contributed by atoms with Crippen LogP contribution in [0.15, 0.2) is 65.0 Å². The van der Waals surface area contributed by atoms with E-state index in [2.05, 4.69) is 46.8 Å². The number of carbonyl (C=O) groups excluding carboxylic acids is 1. The number of aromatic nitrogens is 1. The molecule has 9 nitrogen and oxygen atoms in total. The fourth-order valence-corrected chi connectivity index (χ4v) is 4.57. The first-order valence-corrected chi connectivity index (χ1v) is 11.4. The number of nitrogens with one attached hydrogen (secondary N) is 3. The van der Waals surface area contributed by atoms with Crippen LogP contribution in [-0.2, 0) is 0 Å². The smallest absolute Gasteiger partial charge is 0.273 e. The Labute approximate surface area is 203 Å². The Morgan fingerprint density at radius 3 is 2.65 bits per heavy atom. The Morgan fingerprint density at radius 2 is 2.03 bits per heavy atom. The molecule has 0 bridgehead atoms. The first-order valence-electron chi connectivity index (χ1n) is 11.1. The number of anilines is 1. The first-order chi connectivity index (χ1) is 16.2. The van der Waals surface area contributed by atoms with E-state index in [-0.39, 0.29) is 23.8 Å². The molecule has 3 N–H and O–H groups in total. The third kappa shape index (κ3) is 6.77. The number of amides is 1. The fraction of sp³-hybridized carbons (Fsp3) is 0.375. The van der Waals surface area contributed by atoms with E-state index in [0.29, 0.717) is 16.3 Å². The first kappa shape index (κ1) is 25.2. The van der Waals surface area contributed by atoms with Crippen LogP contribution in [0.3, 0.4) is 0 Å². The second-order valence-electron chi connectivity index (χ2n) is 8.90. The quantitative estimate of drug-likeness (QED) is 0.173. The zero-order valence-electron chi connectivity index (χ0n) is 19.5. The average Bonchev–Trinajstić information content (AvgIpc) is 2.77. The van der Waals surface area contributed by atoms with E-state index in [1.807, 2.05) is 0 Å². The zero-order chi connectivity index (χ0) is 24.7. The lowest BCUT2D eigenvalue weighted by atomic mass is 9.70. The van der Waals surface area contributed by atoms with Gasteiger partial charge in [-0.3, -0.25) is 9.78 Å². The number of benzene rings is 1. The maximum absolute atomic E-state index is 12.8. The van der Waals surface area contributed by atoms with Gasteiger partial charge < -0.3 is 16.0 Å². The van der Waals surface area contributed by atoms with Crippen molar-refractivity contribution in [1.29, 1.82) is 0 Å². The third-order valence-corrected chi connectivity index (χ3v) is 6.13. The van der Waals surface area contributed by atoms with Crippen LogP contribution < -0.4 is 16.0 Å². The summed E-state index contributed by atoms with van der Waals surface area (Å²) in [6.07, 6.45) is 6.12. The number of hydrazone groups is 1. The molecule has 1 aliphatic rings. The van der Waals surface area contributed by atoms with Crippen molar-refractivity contribution in [2.75, 3.05) is 11.9 Å². The van der Waals surface area contributed by atoms with E-state index in [0.717, 1.165) is 24.8 Å². The van der Waals surface area contributed by atoms with E-state index in [1.54, 1.807) is 48.8 Å². The largest absolute Gasteiger partial charge is 0.350 e. The third-order valence-electron chi connectivity index (χ3n) is 5.88. The van der Waals surface area contributed by atoms with Crippen molar-refractivity contribution in [3.63, 3.8) is 0 Å². The van der Waals surface area contributed by atoms with E-state index < -0.39 is 11.1 Å². The maximum atomic E-state index is 12.8. The van der Waals surface area contributed by atoms with Gasteiger partial charge in [-0.15, -0.1) is 0 Å². The molecule has 34 heavy (non-hydrogen) atoms. The van der Waals surface area contributed by atoms with E-state index in [4.69, 9.17) is 11.6 Å². The van der Waals surface area contributed by atoms with Gasteiger partial charge in [-0.2, -0.15) is 0 Å². The van der Waals surface area contributed by atoms with E-state index in [9.17, 15) is 14.9 Å². The van der Waals surface area contributed by atoms with Gasteiger partial charge in [-0.05, 0) is 73.6 Å². The molecule has 1 amide bonds. The monoisotopic (exact) mass is 484 g/mol. The van der Waals surface area contributed by atoms with Crippen LogP contribution >= 0.6 is 11.6 Å². The number of halogens is 1. The van der Waals surface area contributed by atoms with Gasteiger partial charge in [0.05, 0.1) is 17.9 Å². The molecule has 1 atom stereocenters. The highest BCUT2D eigenvalue weighted by Crippen LogP contribution is 2.41. The van der Waals surface area contributed by atoms with E-state index in [1.165, 1.54) is 5.57 Å². The van der Waals surface area contributed by atoms with Gasteiger partial charge in [0, 0.05) is 23.3 Å². The van der Waals surface area contributed by atoms with Gasteiger partial charge in [-0.25, -0.2) is 10.1 Å². The number of carbonyl (C=O) groups is 1. The summed E-state index contributed by atoms with van der Waals surface area (Å²) in [4.78, 5) is 28.1. The second kappa shape index (κ2) is 11.1. The summed E-state index contributed by atoms with van der Waals surface area (Å²) in [5, 5.41) is 23.6. The predicted octanol–water partition coefficient (Wildman–Crippen LogP) is 4.61. The number of guanidine groups is 1. The highest BCUT2D eigenvalue weighted by atomic mass is 35.5. The summed E-state index contributed by atoms with van der Waals surface area (Å²) in [7, 11) is 0. The Bertz CT molecular complexity index is 1080. The molecular formula is C24H29ClN6O3. The molecule has 1 aliphatic carbocycles. The number of pyridine rings is 1. The summed E-state index contributed by atoms with van der Waals surface area (Å²) in [6, 6.07) is 9.64. The second-order valence-corrected chi connectivity index (χ2v) is 9.33. The van der Waals surface area contributed by atoms with Gasteiger partial charge in [0.15, 0.2) is 5.03 Å². The highest BCUT2D eigenvalue weighted by molar-refractivity contribution is 6.30. The summed E-state index contributed by atoms with van der Waals surface area (Å²) >= 11 is 5.93. The van der Waals surface area contributed by atoms with Crippen molar-refractivity contribution in [1.82, 2.24) is 15.6 Å². The van der Waals surface area contributed by atoms with Gasteiger partial charge in [0.25, 0.3) is 11.9 Å². The number of rotatable bonds is 7. The lowest BCUT2D eigenvalue weighted by Gasteiger charge is -2.39. The molecule has 0 radical (unpaired) electrons. The molecule has 0 spiro atoms. The average molecular weight is 485 g/mol. The van der Waals surface area contributed by atoms with Crippen LogP contribution in [0.1, 0.15) is 50.4 Å². The molecule has 0 saturated carbocycles. The normalized spacial score (nSPS) is 16.5. The molecule has 1 unspecified atom stereocenters. The number of allylic oxidation sites excluding steroid dienone is 1. The summed E-state index contributed by atoms with van der Waals surface area (Å²) < 4.78 is 0. The van der Waals surface area contributed by atoms with Gasteiger partial charge in [-0.1, -0.05) is 31.0 Å². The summed E-state index contributed by atoms with van der Waals surface area (Å²) in [6.45, 7) is 6.59. The number of nitrogens with zero attached hydrogens (tertiary/aromatic N) is 3. The molecule has 1 aromatic heterocycles. The summed E-state index contributed by atoms with van der Waals surface area (Å²) in [5.41, 5.74) is 3.19. The maximum Gasteiger partial charge on any atom is 0.273 e. The van der Waals surface area contributed by atoms with E-state index >= 15 is 0 Å². The molecule has 3 rings (SSSR count). The van der Waals surface area contributed by atoms with Crippen LogP contribution in [0.25, 0.3) is 0 Å². The summed E-state index contributed by atoms with van der Waals surface area (Å²) in [5.74, 6) is -0.297. The molecule has 180 valence electrons. The molecule has 2 aromatic rings. The van der Waals surface area contributed by atoms with Crippen molar-refractivity contribution >= 4 is 29.2 Å². The van der Waals surface area contributed by atoms with Crippen LogP contribution in [0.5, 0.6) is 0 Å². The minimum Gasteiger partial charge on any atom is -0.350 e. The van der Waals surface area contributed by atoms with Crippen molar-refractivity contribution in [2.24, 2.45) is 10.5 Å². The van der Waals surface area contributed by atoms with Crippen molar-refractivity contribution < 1.29 is 9.83 Å². The topological polar surface area (TPSA) is 122 Å². The van der Waals surface area contributed by atoms with Crippen molar-refractivity contribution in [3.05, 3.63) is 80.6 Å².